The molecule has 0 saturated heterocycles. The molecule has 2 rings (SSSR count). The first kappa shape index (κ1) is 25.6. The third-order valence-electron chi connectivity index (χ3n) is 4.43. The molecule has 0 aliphatic carbocycles. The molecule has 0 spiro atoms. The second-order valence-corrected chi connectivity index (χ2v) is 8.06. The van der Waals surface area contributed by atoms with Gasteiger partial charge in [-0.05, 0) is 42.7 Å². The first-order chi connectivity index (χ1) is 12.9. The van der Waals surface area contributed by atoms with E-state index in [0.29, 0.717) is 17.7 Å². The van der Waals surface area contributed by atoms with Gasteiger partial charge in [-0.2, -0.15) is 8.42 Å². The van der Waals surface area contributed by atoms with Gasteiger partial charge in [-0.25, -0.2) is 0 Å². The van der Waals surface area contributed by atoms with Gasteiger partial charge in [0.1, 0.15) is 11.5 Å². The molecule has 0 atom stereocenters. The van der Waals surface area contributed by atoms with Crippen LogP contribution in [0.15, 0.2) is 47.4 Å². The van der Waals surface area contributed by atoms with E-state index in [2.05, 4.69) is 6.92 Å². The Balaban J connectivity index is 0.00000392. The van der Waals surface area contributed by atoms with Crippen LogP contribution >= 0.6 is 0 Å². The molecule has 0 aliphatic rings. The van der Waals surface area contributed by atoms with Gasteiger partial charge in [0, 0.05) is 0 Å². The topological polar surface area (TPSA) is 86.7 Å². The van der Waals surface area contributed by atoms with E-state index in [0.717, 1.165) is 25.3 Å². The van der Waals surface area contributed by atoms with E-state index in [1.807, 2.05) is 6.07 Å². The minimum Gasteiger partial charge on any atom is -0.870 e. The van der Waals surface area contributed by atoms with Crippen molar-refractivity contribution in [1.29, 1.82) is 0 Å². The van der Waals surface area contributed by atoms with Crippen molar-refractivity contribution in [2.75, 3.05) is 0 Å². The molecule has 1 N–H and O–H groups in total. The van der Waals surface area contributed by atoms with Crippen molar-refractivity contribution in [1.82, 2.24) is 0 Å². The zero-order valence-electron chi connectivity index (χ0n) is 16.7. The fourth-order valence-corrected chi connectivity index (χ4v) is 3.74. The van der Waals surface area contributed by atoms with E-state index < -0.39 is 15.9 Å². The Morgan fingerprint density at radius 2 is 1.57 bits per heavy atom. The second kappa shape index (κ2) is 13.0. The van der Waals surface area contributed by atoms with Crippen LogP contribution in [0.2, 0.25) is 0 Å². The molecule has 7 heteroatoms. The number of para-hydroxylation sites is 1. The Labute approximate surface area is 210 Å². The first-order valence-corrected chi connectivity index (χ1v) is 10.9. The van der Waals surface area contributed by atoms with Gasteiger partial charge in [-0.3, -0.25) is 4.55 Å². The standard InChI is InChI=1S/C21H28O5S.K/c1-2-3-4-5-6-7-9-12-17-15-20(26-18-13-10-8-11-14-18)19(22)16-21(17)27(23,24)25;/h8,10-11,13-16,22H,2-7,9,12H2,1H3,(H,23,24,25);/q;+1/p-1. The van der Waals surface area contributed by atoms with E-state index in [4.69, 9.17) is 4.74 Å². The third-order valence-corrected chi connectivity index (χ3v) is 5.36. The summed E-state index contributed by atoms with van der Waals surface area (Å²) in [5.41, 5.74) is 0.414. The van der Waals surface area contributed by atoms with Crippen molar-refractivity contribution in [2.24, 2.45) is 0 Å². The van der Waals surface area contributed by atoms with Gasteiger partial charge in [0.2, 0.25) is 0 Å². The van der Waals surface area contributed by atoms with Crippen LogP contribution < -0.4 is 61.2 Å². The van der Waals surface area contributed by atoms with Crippen molar-refractivity contribution < 1.29 is 74.2 Å². The van der Waals surface area contributed by atoms with Crippen LogP contribution in [0.3, 0.4) is 0 Å². The van der Waals surface area contributed by atoms with Crippen LogP contribution in [0, 0.1) is 0 Å². The smallest absolute Gasteiger partial charge is 0.870 e. The van der Waals surface area contributed by atoms with Gasteiger partial charge in [0.05, 0.1) is 4.90 Å². The summed E-state index contributed by atoms with van der Waals surface area (Å²) in [7, 11) is -4.46. The van der Waals surface area contributed by atoms with E-state index in [9.17, 15) is 18.1 Å². The summed E-state index contributed by atoms with van der Waals surface area (Å²) >= 11 is 0. The Morgan fingerprint density at radius 1 is 0.964 bits per heavy atom. The zero-order valence-corrected chi connectivity index (χ0v) is 20.6. The summed E-state index contributed by atoms with van der Waals surface area (Å²) in [5, 5.41) is 12.2. The Kier molecular flexibility index (Phi) is 11.9. The Hall–Kier alpha value is -0.414. The Morgan fingerprint density at radius 3 is 2.18 bits per heavy atom. The van der Waals surface area contributed by atoms with E-state index in [1.54, 1.807) is 24.3 Å². The van der Waals surface area contributed by atoms with Gasteiger partial charge in [0.15, 0.2) is 0 Å². The SMILES string of the molecule is CCCCCCCCCc1cc(Oc2ccccc2)c([O-])cc1S(=O)(=O)O.[K+]. The molecule has 2 aromatic rings. The van der Waals surface area contributed by atoms with Gasteiger partial charge in [-0.15, -0.1) is 0 Å². The van der Waals surface area contributed by atoms with Crippen LogP contribution in [-0.4, -0.2) is 13.0 Å². The van der Waals surface area contributed by atoms with Crippen LogP contribution in [0.1, 0.15) is 57.4 Å². The number of ether oxygens (including phenoxy) is 1. The summed E-state index contributed by atoms with van der Waals surface area (Å²) in [6.07, 6.45) is 8.14. The van der Waals surface area contributed by atoms with Crippen molar-refractivity contribution in [2.45, 2.75) is 63.2 Å². The van der Waals surface area contributed by atoms with Crippen molar-refractivity contribution in [3.63, 3.8) is 0 Å². The number of aryl methyl sites for hydroxylation is 1. The molecule has 0 amide bonds. The van der Waals surface area contributed by atoms with Crippen molar-refractivity contribution in [3.8, 4) is 17.2 Å². The molecule has 0 fully saturated rings. The molecule has 0 saturated carbocycles. The molecule has 0 aliphatic heterocycles. The van der Waals surface area contributed by atoms with Gasteiger partial charge in [-0.1, -0.05) is 69.4 Å². The summed E-state index contributed by atoms with van der Waals surface area (Å²) in [4.78, 5) is -0.320. The average Bonchev–Trinajstić information content (AvgIpc) is 2.63. The molecule has 0 heterocycles. The number of rotatable bonds is 11. The molecule has 5 nitrogen and oxygen atoms in total. The molecule has 0 unspecified atom stereocenters. The largest absolute Gasteiger partial charge is 1.00 e. The van der Waals surface area contributed by atoms with Crippen LogP contribution in [-0.2, 0) is 16.5 Å². The maximum absolute atomic E-state index is 12.2. The quantitative estimate of drug-likeness (QED) is 0.335. The van der Waals surface area contributed by atoms with E-state index in [-0.39, 0.29) is 62.0 Å². The van der Waals surface area contributed by atoms with E-state index in [1.165, 1.54) is 31.7 Å². The molecule has 0 bridgehead atoms. The van der Waals surface area contributed by atoms with E-state index >= 15 is 0 Å². The maximum Gasteiger partial charge on any atom is 1.00 e. The minimum atomic E-state index is -4.46. The fourth-order valence-electron chi connectivity index (χ4n) is 2.99. The zero-order chi connectivity index (χ0) is 19.7. The summed E-state index contributed by atoms with van der Waals surface area (Å²) in [6, 6.07) is 11.2. The van der Waals surface area contributed by atoms with Crippen LogP contribution in [0.5, 0.6) is 17.2 Å². The molecule has 0 radical (unpaired) electrons. The molecule has 148 valence electrons. The minimum absolute atomic E-state index is 0. The molecule has 0 aromatic heterocycles. The number of unbranched alkanes of at least 4 members (excludes halogenated alkanes) is 6. The predicted octanol–water partition coefficient (Wildman–Crippen LogP) is 2.10. The number of hydrogen-bond acceptors (Lipinski definition) is 4. The maximum atomic E-state index is 12.2. The molecular weight excluding hydrogens is 403 g/mol. The predicted molar refractivity (Wildman–Crippen MR) is 104 cm³/mol. The normalized spacial score (nSPS) is 11.1. The van der Waals surface area contributed by atoms with Gasteiger partial charge < -0.3 is 9.84 Å². The molecular formula is C21H27KO5S. The fraction of sp³-hybridized carbons (Fsp3) is 0.429. The van der Waals surface area contributed by atoms with Crippen molar-refractivity contribution >= 4 is 10.1 Å². The molecule has 2 aromatic carbocycles. The monoisotopic (exact) mass is 430 g/mol. The Bertz CT molecular complexity index is 822. The first-order valence-electron chi connectivity index (χ1n) is 9.46. The van der Waals surface area contributed by atoms with Crippen LogP contribution in [0.4, 0.5) is 0 Å². The summed E-state index contributed by atoms with van der Waals surface area (Å²) in [6.45, 7) is 2.17. The van der Waals surface area contributed by atoms with Gasteiger partial charge in [0.25, 0.3) is 10.1 Å². The second-order valence-electron chi connectivity index (χ2n) is 6.67. The summed E-state index contributed by atoms with van der Waals surface area (Å²) < 4.78 is 38.4. The number of hydrogen-bond donors (Lipinski definition) is 1. The van der Waals surface area contributed by atoms with Gasteiger partial charge >= 0.3 is 51.4 Å². The summed E-state index contributed by atoms with van der Waals surface area (Å²) in [5.74, 6) is -0.0163. The van der Waals surface area contributed by atoms with Crippen LogP contribution in [0.25, 0.3) is 0 Å². The molecule has 28 heavy (non-hydrogen) atoms. The van der Waals surface area contributed by atoms with Crippen molar-refractivity contribution in [3.05, 3.63) is 48.0 Å². The third kappa shape index (κ3) is 8.53. The number of benzene rings is 2. The average molecular weight is 431 g/mol.